The average molecular weight is 327 g/mol. The molecule has 7 nitrogen and oxygen atoms in total. The molecule has 0 spiro atoms. The summed E-state index contributed by atoms with van der Waals surface area (Å²) in [6.07, 6.45) is -2.24. The third-order valence-corrected chi connectivity index (χ3v) is 3.81. The summed E-state index contributed by atoms with van der Waals surface area (Å²) < 4.78 is 58.7. The summed E-state index contributed by atoms with van der Waals surface area (Å²) in [7, 11) is -2.93. The van der Waals surface area contributed by atoms with Gasteiger partial charge < -0.3 is 11.1 Å². The van der Waals surface area contributed by atoms with Gasteiger partial charge in [-0.3, -0.25) is 0 Å². The number of alkyl halides is 3. The van der Waals surface area contributed by atoms with Crippen molar-refractivity contribution in [2.75, 3.05) is 38.2 Å². The van der Waals surface area contributed by atoms with Crippen LogP contribution >= 0.6 is 0 Å². The van der Waals surface area contributed by atoms with Gasteiger partial charge in [0, 0.05) is 32.4 Å². The summed E-state index contributed by atoms with van der Waals surface area (Å²) in [5, 5.41) is 3.08. The highest BCUT2D eigenvalue weighted by atomic mass is 32.2. The lowest BCUT2D eigenvalue weighted by atomic mass is 10.4. The number of rotatable bonds is 1. The standard InChI is InChI=1S/C5H4F3N3.C5H12N2O2S/c6-5(7,8)3-1-2-10-4(9)11-3;1-10(8,9)7-4-2-6-3-5-7/h1-2H,(H2,9,10,11);6H,2-5H2,1H3. The minimum absolute atomic E-state index is 0.375. The van der Waals surface area contributed by atoms with E-state index in [4.69, 9.17) is 5.73 Å². The van der Waals surface area contributed by atoms with Crippen molar-refractivity contribution in [3.05, 3.63) is 18.0 Å². The van der Waals surface area contributed by atoms with Crippen LogP contribution in [0.25, 0.3) is 0 Å². The maximum Gasteiger partial charge on any atom is 0.433 e. The van der Waals surface area contributed by atoms with E-state index in [1.165, 1.54) is 10.6 Å². The van der Waals surface area contributed by atoms with Crippen LogP contribution in [0.5, 0.6) is 0 Å². The Morgan fingerprint density at radius 2 is 1.90 bits per heavy atom. The molecule has 3 N–H and O–H groups in total. The van der Waals surface area contributed by atoms with Gasteiger partial charge in [-0.2, -0.15) is 17.5 Å². The largest absolute Gasteiger partial charge is 0.433 e. The number of piperazine rings is 1. The second-order valence-electron chi connectivity index (χ2n) is 4.21. The molecular weight excluding hydrogens is 311 g/mol. The molecule has 1 saturated heterocycles. The first kappa shape index (κ1) is 17.6. The van der Waals surface area contributed by atoms with Gasteiger partial charge in [0.2, 0.25) is 16.0 Å². The van der Waals surface area contributed by atoms with Crippen LogP contribution in [0, 0.1) is 0 Å². The van der Waals surface area contributed by atoms with Crippen molar-refractivity contribution in [2.24, 2.45) is 0 Å². The highest BCUT2D eigenvalue weighted by Gasteiger charge is 2.32. The van der Waals surface area contributed by atoms with Crippen LogP contribution in [0.4, 0.5) is 19.1 Å². The molecule has 0 aromatic carbocycles. The number of nitrogen functional groups attached to an aromatic ring is 1. The van der Waals surface area contributed by atoms with E-state index in [2.05, 4.69) is 15.3 Å². The predicted molar refractivity (Wildman–Crippen MR) is 70.7 cm³/mol. The third kappa shape index (κ3) is 6.23. The molecule has 1 aliphatic heterocycles. The molecule has 0 radical (unpaired) electrons. The number of sulfonamides is 1. The number of nitrogens with one attached hydrogen (secondary N) is 1. The first-order valence-corrected chi connectivity index (χ1v) is 7.77. The van der Waals surface area contributed by atoms with Crippen LogP contribution in [0.2, 0.25) is 0 Å². The summed E-state index contributed by atoms with van der Waals surface area (Å²) in [6, 6.07) is 0.760. The number of nitrogens with two attached hydrogens (primary N) is 1. The minimum atomic E-state index is -4.45. The second-order valence-corrected chi connectivity index (χ2v) is 6.19. The van der Waals surface area contributed by atoms with E-state index >= 15 is 0 Å². The summed E-state index contributed by atoms with van der Waals surface area (Å²) in [6.45, 7) is 2.76. The molecule has 2 rings (SSSR count). The van der Waals surface area contributed by atoms with Gasteiger partial charge in [-0.25, -0.2) is 18.4 Å². The van der Waals surface area contributed by atoms with Crippen molar-refractivity contribution >= 4 is 16.0 Å². The van der Waals surface area contributed by atoms with Gasteiger partial charge in [-0.05, 0) is 6.07 Å². The topological polar surface area (TPSA) is 101 Å². The molecular formula is C10H16F3N5O2S. The van der Waals surface area contributed by atoms with Crippen molar-refractivity contribution < 1.29 is 21.6 Å². The molecule has 1 aromatic rings. The first-order chi connectivity index (χ1) is 9.60. The number of hydrogen-bond acceptors (Lipinski definition) is 6. The normalized spacial score (nSPS) is 17.0. The van der Waals surface area contributed by atoms with Gasteiger partial charge in [-0.1, -0.05) is 0 Å². The molecule has 0 unspecified atom stereocenters. The van der Waals surface area contributed by atoms with Crippen LogP contribution in [0.1, 0.15) is 5.69 Å². The van der Waals surface area contributed by atoms with Gasteiger partial charge in [0.05, 0.1) is 6.26 Å². The Bertz CT molecular complexity index is 558. The molecule has 21 heavy (non-hydrogen) atoms. The SMILES string of the molecule is CS(=O)(=O)N1CCNCC1.Nc1nccc(C(F)(F)F)n1. The molecule has 1 aromatic heterocycles. The minimum Gasteiger partial charge on any atom is -0.368 e. The van der Waals surface area contributed by atoms with Gasteiger partial charge in [0.25, 0.3) is 0 Å². The van der Waals surface area contributed by atoms with Crippen molar-refractivity contribution in [2.45, 2.75) is 6.18 Å². The molecule has 0 bridgehead atoms. The molecule has 0 atom stereocenters. The molecule has 1 fully saturated rings. The Balaban J connectivity index is 0.000000211. The van der Waals surface area contributed by atoms with E-state index in [0.29, 0.717) is 13.1 Å². The van der Waals surface area contributed by atoms with Crippen molar-refractivity contribution in [1.82, 2.24) is 19.6 Å². The summed E-state index contributed by atoms with van der Waals surface area (Å²) in [5.74, 6) is -0.375. The van der Waals surface area contributed by atoms with Crippen molar-refractivity contribution in [3.63, 3.8) is 0 Å². The van der Waals surface area contributed by atoms with Gasteiger partial charge in [0.15, 0.2) is 0 Å². The summed E-state index contributed by atoms with van der Waals surface area (Å²) >= 11 is 0. The predicted octanol–water partition coefficient (Wildman–Crippen LogP) is -0.0712. The van der Waals surface area contributed by atoms with E-state index in [1.807, 2.05) is 0 Å². The second kappa shape index (κ2) is 7.00. The average Bonchev–Trinajstić information content (AvgIpc) is 2.38. The maximum atomic E-state index is 11.8. The number of aromatic nitrogens is 2. The Kier molecular flexibility index (Phi) is 5.87. The molecule has 0 amide bonds. The maximum absolute atomic E-state index is 11.8. The fourth-order valence-electron chi connectivity index (χ4n) is 1.51. The van der Waals surface area contributed by atoms with Crippen LogP contribution < -0.4 is 11.1 Å². The zero-order valence-corrected chi connectivity index (χ0v) is 12.1. The van der Waals surface area contributed by atoms with E-state index in [0.717, 1.165) is 25.4 Å². The van der Waals surface area contributed by atoms with Crippen molar-refractivity contribution in [3.8, 4) is 0 Å². The quantitative estimate of drug-likeness (QED) is 0.749. The summed E-state index contributed by atoms with van der Waals surface area (Å²) in [5.41, 5.74) is 3.91. The number of halogens is 3. The van der Waals surface area contributed by atoms with Crippen molar-refractivity contribution in [1.29, 1.82) is 0 Å². The monoisotopic (exact) mass is 327 g/mol. The highest BCUT2D eigenvalue weighted by molar-refractivity contribution is 7.88. The lowest BCUT2D eigenvalue weighted by molar-refractivity contribution is -0.141. The zero-order chi connectivity index (χ0) is 16.1. The summed E-state index contributed by atoms with van der Waals surface area (Å²) in [4.78, 5) is 6.31. The Labute approximate surface area is 120 Å². The zero-order valence-electron chi connectivity index (χ0n) is 11.3. The van der Waals surface area contributed by atoms with Crippen LogP contribution in [0.15, 0.2) is 12.3 Å². The van der Waals surface area contributed by atoms with Gasteiger partial charge in [-0.15, -0.1) is 0 Å². The third-order valence-electron chi connectivity index (χ3n) is 2.51. The number of nitrogens with zero attached hydrogens (tertiary/aromatic N) is 3. The first-order valence-electron chi connectivity index (χ1n) is 5.92. The van der Waals surface area contributed by atoms with Gasteiger partial charge in [0.1, 0.15) is 5.69 Å². The molecule has 2 heterocycles. The van der Waals surface area contributed by atoms with E-state index < -0.39 is 21.9 Å². The molecule has 120 valence electrons. The molecule has 0 saturated carbocycles. The molecule has 0 aliphatic carbocycles. The Morgan fingerprint density at radius 3 is 2.24 bits per heavy atom. The molecule has 1 aliphatic rings. The number of hydrogen-bond donors (Lipinski definition) is 2. The smallest absolute Gasteiger partial charge is 0.368 e. The lowest BCUT2D eigenvalue weighted by Gasteiger charge is -2.24. The lowest BCUT2D eigenvalue weighted by Crippen LogP contribution is -2.45. The van der Waals surface area contributed by atoms with E-state index in [1.54, 1.807) is 0 Å². The Hall–Kier alpha value is -1.46. The number of anilines is 1. The molecule has 11 heteroatoms. The van der Waals surface area contributed by atoms with Crippen LogP contribution in [-0.4, -0.2) is 55.1 Å². The fraction of sp³-hybridized carbons (Fsp3) is 0.600. The van der Waals surface area contributed by atoms with Crippen LogP contribution in [0.3, 0.4) is 0 Å². The highest BCUT2D eigenvalue weighted by Crippen LogP contribution is 2.26. The van der Waals surface area contributed by atoms with Crippen LogP contribution in [-0.2, 0) is 16.2 Å². The van der Waals surface area contributed by atoms with E-state index in [-0.39, 0.29) is 5.95 Å². The van der Waals surface area contributed by atoms with E-state index in [9.17, 15) is 21.6 Å². The van der Waals surface area contributed by atoms with Gasteiger partial charge >= 0.3 is 6.18 Å². The Morgan fingerprint density at radius 1 is 1.33 bits per heavy atom. The fourth-order valence-corrected chi connectivity index (χ4v) is 2.35.